The van der Waals surface area contributed by atoms with E-state index in [9.17, 15) is 4.79 Å². The third kappa shape index (κ3) is 4.48. The number of hydrogen-bond acceptors (Lipinski definition) is 2. The molecule has 4 heteroatoms. The zero-order valence-electron chi connectivity index (χ0n) is 18.9. The van der Waals surface area contributed by atoms with Crippen molar-refractivity contribution < 1.29 is 4.79 Å². The van der Waals surface area contributed by atoms with Crippen molar-refractivity contribution in [1.29, 1.82) is 0 Å². The first-order valence-corrected chi connectivity index (χ1v) is 11.1. The monoisotopic (exact) mass is 403 g/mol. The molecule has 0 saturated heterocycles. The van der Waals surface area contributed by atoms with Crippen molar-refractivity contribution in [2.45, 2.75) is 53.4 Å². The highest BCUT2D eigenvalue weighted by molar-refractivity contribution is 5.94. The molecule has 0 fully saturated rings. The molecule has 3 aromatic rings. The highest BCUT2D eigenvalue weighted by atomic mass is 16.2. The van der Waals surface area contributed by atoms with Crippen molar-refractivity contribution in [2.75, 3.05) is 13.1 Å². The second kappa shape index (κ2) is 9.75. The summed E-state index contributed by atoms with van der Waals surface area (Å²) in [5.41, 5.74) is 6.45. The first-order chi connectivity index (χ1) is 14.5. The highest BCUT2D eigenvalue weighted by Crippen LogP contribution is 2.32. The number of hydrogen-bond donors (Lipinski definition) is 0. The van der Waals surface area contributed by atoms with Crippen LogP contribution in [-0.2, 0) is 0 Å². The van der Waals surface area contributed by atoms with Crippen molar-refractivity contribution in [3.63, 3.8) is 0 Å². The summed E-state index contributed by atoms with van der Waals surface area (Å²) in [4.78, 5) is 14.4. The Hall–Kier alpha value is -2.88. The minimum Gasteiger partial charge on any atom is -0.339 e. The summed E-state index contributed by atoms with van der Waals surface area (Å²) in [6, 6.07) is 16.6. The van der Waals surface area contributed by atoms with Gasteiger partial charge < -0.3 is 4.90 Å². The molecule has 3 rings (SSSR count). The molecule has 1 heterocycles. The van der Waals surface area contributed by atoms with E-state index in [4.69, 9.17) is 0 Å². The Balaban J connectivity index is 1.99. The van der Waals surface area contributed by atoms with Gasteiger partial charge in [0.2, 0.25) is 0 Å². The average Bonchev–Trinajstić information content (AvgIpc) is 3.22. The van der Waals surface area contributed by atoms with Crippen LogP contribution in [0.15, 0.2) is 54.7 Å². The SMILES string of the molecule is CCC(CC)c1ccc(-c2ccc(C(=O)N(CC)CC)cc2)cc1-n1ccc(C)n1. The van der Waals surface area contributed by atoms with Crippen molar-refractivity contribution in [2.24, 2.45) is 0 Å². The smallest absolute Gasteiger partial charge is 0.253 e. The van der Waals surface area contributed by atoms with Crippen LogP contribution in [0.4, 0.5) is 0 Å². The maximum absolute atomic E-state index is 12.6. The number of amides is 1. The van der Waals surface area contributed by atoms with Gasteiger partial charge in [-0.15, -0.1) is 0 Å². The number of nitrogens with zero attached hydrogens (tertiary/aromatic N) is 3. The zero-order valence-corrected chi connectivity index (χ0v) is 18.9. The molecule has 0 bridgehead atoms. The molecular weight excluding hydrogens is 370 g/mol. The molecule has 0 radical (unpaired) electrons. The van der Waals surface area contributed by atoms with E-state index in [0.717, 1.165) is 54.0 Å². The van der Waals surface area contributed by atoms with Crippen LogP contribution in [0, 0.1) is 6.92 Å². The minimum absolute atomic E-state index is 0.0864. The molecule has 0 saturated carbocycles. The number of aromatic nitrogens is 2. The normalized spacial score (nSPS) is 11.1. The minimum atomic E-state index is 0.0864. The van der Waals surface area contributed by atoms with E-state index in [2.05, 4.69) is 37.1 Å². The molecule has 1 amide bonds. The maximum Gasteiger partial charge on any atom is 0.253 e. The van der Waals surface area contributed by atoms with E-state index >= 15 is 0 Å². The van der Waals surface area contributed by atoms with Gasteiger partial charge in [-0.2, -0.15) is 5.10 Å². The third-order valence-corrected chi connectivity index (χ3v) is 5.94. The number of benzene rings is 2. The molecule has 30 heavy (non-hydrogen) atoms. The van der Waals surface area contributed by atoms with Crippen LogP contribution in [0.1, 0.15) is 68.1 Å². The zero-order chi connectivity index (χ0) is 21.7. The summed E-state index contributed by atoms with van der Waals surface area (Å²) in [6.45, 7) is 12.0. The van der Waals surface area contributed by atoms with E-state index in [0.29, 0.717) is 5.92 Å². The number of rotatable bonds is 8. The standard InChI is InChI=1S/C26H33N3O/c1-6-20(7-2)24-15-14-23(18-25(24)29-17-16-19(5)27-29)21-10-12-22(13-11-21)26(30)28(8-3)9-4/h10-18,20H,6-9H2,1-5H3. The molecule has 4 nitrogen and oxygen atoms in total. The highest BCUT2D eigenvalue weighted by Gasteiger charge is 2.16. The van der Waals surface area contributed by atoms with Crippen molar-refractivity contribution in [3.05, 3.63) is 71.5 Å². The summed E-state index contributed by atoms with van der Waals surface area (Å²) in [5.74, 6) is 0.593. The van der Waals surface area contributed by atoms with Gasteiger partial charge in [0.25, 0.3) is 5.91 Å². The summed E-state index contributed by atoms with van der Waals surface area (Å²) < 4.78 is 1.99. The van der Waals surface area contributed by atoms with Gasteiger partial charge in [0.15, 0.2) is 0 Å². The molecule has 0 aliphatic rings. The lowest BCUT2D eigenvalue weighted by molar-refractivity contribution is 0.0773. The van der Waals surface area contributed by atoms with Gasteiger partial charge in [-0.3, -0.25) is 4.79 Å². The fraction of sp³-hybridized carbons (Fsp3) is 0.385. The molecule has 0 aliphatic heterocycles. The maximum atomic E-state index is 12.6. The molecule has 0 unspecified atom stereocenters. The quantitative estimate of drug-likeness (QED) is 0.447. The number of aryl methyl sites for hydroxylation is 1. The van der Waals surface area contributed by atoms with Gasteiger partial charge in [-0.1, -0.05) is 38.1 Å². The largest absolute Gasteiger partial charge is 0.339 e. The fourth-order valence-corrected chi connectivity index (χ4v) is 4.04. The fourth-order valence-electron chi connectivity index (χ4n) is 4.04. The van der Waals surface area contributed by atoms with Crippen molar-refractivity contribution in [1.82, 2.24) is 14.7 Å². The Morgan fingerprint density at radius 3 is 2.10 bits per heavy atom. The van der Waals surface area contributed by atoms with Crippen LogP contribution in [0.25, 0.3) is 16.8 Å². The second-order valence-corrected chi connectivity index (χ2v) is 7.74. The Bertz CT molecular complexity index is 980. The third-order valence-electron chi connectivity index (χ3n) is 5.94. The number of carbonyl (C=O) groups excluding carboxylic acids is 1. The van der Waals surface area contributed by atoms with E-state index < -0.39 is 0 Å². The van der Waals surface area contributed by atoms with Crippen LogP contribution in [-0.4, -0.2) is 33.7 Å². The van der Waals surface area contributed by atoms with Crippen LogP contribution < -0.4 is 0 Å². The molecule has 1 aromatic heterocycles. The topological polar surface area (TPSA) is 38.1 Å². The lowest BCUT2D eigenvalue weighted by Crippen LogP contribution is -2.30. The Morgan fingerprint density at radius 1 is 0.933 bits per heavy atom. The van der Waals surface area contributed by atoms with Crippen LogP contribution in [0.5, 0.6) is 0 Å². The van der Waals surface area contributed by atoms with Crippen molar-refractivity contribution >= 4 is 5.91 Å². The molecule has 2 aromatic carbocycles. The van der Waals surface area contributed by atoms with Crippen LogP contribution >= 0.6 is 0 Å². The predicted molar refractivity (Wildman–Crippen MR) is 124 cm³/mol. The molecule has 0 spiro atoms. The molecular formula is C26H33N3O. The van der Waals surface area contributed by atoms with Gasteiger partial charge in [-0.05, 0) is 80.5 Å². The summed E-state index contributed by atoms with van der Waals surface area (Å²) in [5, 5.41) is 4.67. The van der Waals surface area contributed by atoms with Gasteiger partial charge >= 0.3 is 0 Å². The Kier molecular flexibility index (Phi) is 7.09. The van der Waals surface area contributed by atoms with Gasteiger partial charge in [-0.25, -0.2) is 4.68 Å². The van der Waals surface area contributed by atoms with E-state index in [1.807, 2.05) is 66.9 Å². The summed E-state index contributed by atoms with van der Waals surface area (Å²) in [6.07, 6.45) is 4.24. The van der Waals surface area contributed by atoms with Gasteiger partial charge in [0, 0.05) is 24.8 Å². The van der Waals surface area contributed by atoms with Gasteiger partial charge in [0.1, 0.15) is 0 Å². The molecule has 158 valence electrons. The average molecular weight is 404 g/mol. The van der Waals surface area contributed by atoms with E-state index in [-0.39, 0.29) is 5.91 Å². The molecule has 0 aliphatic carbocycles. The summed E-state index contributed by atoms with van der Waals surface area (Å²) in [7, 11) is 0. The first kappa shape index (κ1) is 21.8. The number of carbonyl (C=O) groups is 1. The van der Waals surface area contributed by atoms with Crippen LogP contribution in [0.3, 0.4) is 0 Å². The van der Waals surface area contributed by atoms with Crippen LogP contribution in [0.2, 0.25) is 0 Å². The van der Waals surface area contributed by atoms with Crippen molar-refractivity contribution in [3.8, 4) is 16.8 Å². The molecule has 0 N–H and O–H groups in total. The Labute approximate surface area is 180 Å². The Morgan fingerprint density at radius 2 is 1.57 bits per heavy atom. The lowest BCUT2D eigenvalue weighted by Gasteiger charge is -2.20. The van der Waals surface area contributed by atoms with Gasteiger partial charge in [0.05, 0.1) is 11.4 Å². The van der Waals surface area contributed by atoms with E-state index in [1.54, 1.807) is 0 Å². The lowest BCUT2D eigenvalue weighted by atomic mass is 9.90. The second-order valence-electron chi connectivity index (χ2n) is 7.74. The van der Waals surface area contributed by atoms with E-state index in [1.165, 1.54) is 5.56 Å². The summed E-state index contributed by atoms with van der Waals surface area (Å²) >= 11 is 0. The molecule has 0 atom stereocenters. The first-order valence-electron chi connectivity index (χ1n) is 11.1. The predicted octanol–water partition coefficient (Wildman–Crippen LogP) is 6.23.